The standard InChI is InChI=1S/C15H18ClN3O/c1-15(11-17)6-8-19(9-7-15)10-14(20)18-13-5-3-2-4-12(13)16/h2-5H,6-10H2,1H3,(H,18,20). The number of carbonyl (C=O) groups excluding carboxylic acids is 1. The molecule has 4 nitrogen and oxygen atoms in total. The highest BCUT2D eigenvalue weighted by Gasteiger charge is 2.30. The van der Waals surface area contributed by atoms with Crippen molar-refractivity contribution < 1.29 is 4.79 Å². The molecule has 1 aliphatic heterocycles. The molecule has 1 fully saturated rings. The lowest BCUT2D eigenvalue weighted by Gasteiger charge is -2.34. The molecule has 0 saturated carbocycles. The highest BCUT2D eigenvalue weighted by molar-refractivity contribution is 6.33. The van der Waals surface area contributed by atoms with Crippen molar-refractivity contribution in [2.24, 2.45) is 5.41 Å². The lowest BCUT2D eigenvalue weighted by Crippen LogP contribution is -2.42. The van der Waals surface area contributed by atoms with Gasteiger partial charge in [0, 0.05) is 13.1 Å². The van der Waals surface area contributed by atoms with Crippen LogP contribution in [0.4, 0.5) is 5.69 Å². The van der Waals surface area contributed by atoms with Crippen molar-refractivity contribution in [3.63, 3.8) is 0 Å². The number of benzene rings is 1. The van der Waals surface area contributed by atoms with Gasteiger partial charge in [0.15, 0.2) is 0 Å². The SMILES string of the molecule is CC1(C#N)CCN(CC(=O)Nc2ccccc2Cl)CC1. The summed E-state index contributed by atoms with van der Waals surface area (Å²) in [6.45, 7) is 3.88. The van der Waals surface area contributed by atoms with E-state index in [2.05, 4.69) is 16.3 Å². The van der Waals surface area contributed by atoms with Crippen molar-refractivity contribution in [2.75, 3.05) is 25.0 Å². The molecule has 0 bridgehead atoms. The molecule has 0 aromatic heterocycles. The molecule has 0 atom stereocenters. The average Bonchev–Trinajstić information content (AvgIpc) is 2.44. The van der Waals surface area contributed by atoms with E-state index in [0.29, 0.717) is 17.3 Å². The quantitative estimate of drug-likeness (QED) is 0.931. The topological polar surface area (TPSA) is 56.1 Å². The first-order valence-corrected chi connectivity index (χ1v) is 7.08. The summed E-state index contributed by atoms with van der Waals surface area (Å²) in [5.41, 5.74) is 0.397. The smallest absolute Gasteiger partial charge is 0.238 e. The number of piperidine rings is 1. The zero-order valence-corrected chi connectivity index (χ0v) is 12.3. The number of nitrogens with one attached hydrogen (secondary N) is 1. The number of hydrogen-bond acceptors (Lipinski definition) is 3. The Hall–Kier alpha value is -1.57. The maximum Gasteiger partial charge on any atom is 0.238 e. The molecule has 1 aromatic rings. The van der Waals surface area contributed by atoms with Crippen LogP contribution in [-0.4, -0.2) is 30.4 Å². The van der Waals surface area contributed by atoms with Gasteiger partial charge in [-0.1, -0.05) is 23.7 Å². The minimum Gasteiger partial charge on any atom is -0.324 e. The van der Waals surface area contributed by atoms with E-state index < -0.39 is 0 Å². The highest BCUT2D eigenvalue weighted by Crippen LogP contribution is 2.29. The van der Waals surface area contributed by atoms with Gasteiger partial charge in [0.05, 0.1) is 28.7 Å². The Morgan fingerprint density at radius 3 is 2.70 bits per heavy atom. The Morgan fingerprint density at radius 1 is 1.45 bits per heavy atom. The predicted octanol–water partition coefficient (Wildman–Crippen LogP) is 2.90. The fraction of sp³-hybridized carbons (Fsp3) is 0.467. The van der Waals surface area contributed by atoms with E-state index in [9.17, 15) is 4.79 Å². The summed E-state index contributed by atoms with van der Waals surface area (Å²) >= 11 is 6.00. The molecule has 1 N–H and O–H groups in total. The van der Waals surface area contributed by atoms with Gasteiger partial charge in [-0.25, -0.2) is 0 Å². The van der Waals surface area contributed by atoms with Crippen LogP contribution in [0.5, 0.6) is 0 Å². The summed E-state index contributed by atoms with van der Waals surface area (Å²) in [6, 6.07) is 9.54. The third-order valence-corrected chi connectivity index (χ3v) is 4.07. The lowest BCUT2D eigenvalue weighted by molar-refractivity contribution is -0.117. The fourth-order valence-corrected chi connectivity index (χ4v) is 2.45. The largest absolute Gasteiger partial charge is 0.324 e. The maximum atomic E-state index is 12.0. The number of halogens is 1. The van der Waals surface area contributed by atoms with Crippen LogP contribution >= 0.6 is 11.6 Å². The second-order valence-electron chi connectivity index (χ2n) is 5.48. The van der Waals surface area contributed by atoms with Gasteiger partial charge in [-0.2, -0.15) is 5.26 Å². The summed E-state index contributed by atoms with van der Waals surface area (Å²) in [4.78, 5) is 14.1. The molecule has 1 aromatic carbocycles. The van der Waals surface area contributed by atoms with E-state index >= 15 is 0 Å². The molecule has 1 amide bonds. The van der Waals surface area contributed by atoms with Gasteiger partial charge >= 0.3 is 0 Å². The number of amides is 1. The van der Waals surface area contributed by atoms with Gasteiger partial charge in [-0.15, -0.1) is 0 Å². The number of rotatable bonds is 3. The van der Waals surface area contributed by atoms with E-state index in [-0.39, 0.29) is 11.3 Å². The van der Waals surface area contributed by atoms with Crippen molar-refractivity contribution in [3.05, 3.63) is 29.3 Å². The van der Waals surface area contributed by atoms with Crippen LogP contribution in [0.1, 0.15) is 19.8 Å². The molecule has 0 aliphatic carbocycles. The molecule has 0 unspecified atom stereocenters. The Balaban J connectivity index is 1.85. The highest BCUT2D eigenvalue weighted by atomic mass is 35.5. The number of anilines is 1. The summed E-state index contributed by atoms with van der Waals surface area (Å²) < 4.78 is 0. The van der Waals surface area contributed by atoms with Crippen LogP contribution in [0, 0.1) is 16.7 Å². The molecule has 2 rings (SSSR count). The van der Waals surface area contributed by atoms with Crippen molar-refractivity contribution in [2.45, 2.75) is 19.8 Å². The predicted molar refractivity (Wildman–Crippen MR) is 79.5 cm³/mol. The van der Waals surface area contributed by atoms with Gasteiger partial charge in [-0.3, -0.25) is 9.69 Å². The molecule has 5 heteroatoms. The lowest BCUT2D eigenvalue weighted by atomic mass is 9.82. The molecular formula is C15H18ClN3O. The van der Waals surface area contributed by atoms with E-state index in [1.165, 1.54) is 0 Å². The van der Waals surface area contributed by atoms with Crippen LogP contribution < -0.4 is 5.32 Å². The Labute approximate surface area is 124 Å². The second kappa shape index (κ2) is 6.25. The van der Waals surface area contributed by atoms with Gasteiger partial charge in [-0.05, 0) is 31.9 Å². The Morgan fingerprint density at radius 2 is 2.10 bits per heavy atom. The molecule has 20 heavy (non-hydrogen) atoms. The zero-order valence-electron chi connectivity index (χ0n) is 11.5. The summed E-state index contributed by atoms with van der Waals surface area (Å²) in [5.74, 6) is -0.0707. The Bertz CT molecular complexity index is 530. The molecular weight excluding hydrogens is 274 g/mol. The van der Waals surface area contributed by atoms with Gasteiger partial charge in [0.25, 0.3) is 0 Å². The minimum atomic E-state index is -0.240. The molecule has 0 radical (unpaired) electrons. The van der Waals surface area contributed by atoms with Gasteiger partial charge < -0.3 is 5.32 Å². The molecule has 1 aliphatic rings. The minimum absolute atomic E-state index is 0.0707. The summed E-state index contributed by atoms with van der Waals surface area (Å²) in [5, 5.41) is 12.4. The first-order chi connectivity index (χ1) is 9.52. The van der Waals surface area contributed by atoms with Crippen molar-refractivity contribution in [1.82, 2.24) is 4.90 Å². The normalized spacial score (nSPS) is 18.2. The van der Waals surface area contributed by atoms with E-state index in [0.717, 1.165) is 25.9 Å². The van der Waals surface area contributed by atoms with Crippen molar-refractivity contribution in [3.8, 4) is 6.07 Å². The monoisotopic (exact) mass is 291 g/mol. The molecule has 1 heterocycles. The average molecular weight is 292 g/mol. The first-order valence-electron chi connectivity index (χ1n) is 6.70. The van der Waals surface area contributed by atoms with Crippen LogP contribution in [-0.2, 0) is 4.79 Å². The zero-order chi connectivity index (χ0) is 14.6. The van der Waals surface area contributed by atoms with Crippen LogP contribution in [0.15, 0.2) is 24.3 Å². The second-order valence-corrected chi connectivity index (χ2v) is 5.88. The summed E-state index contributed by atoms with van der Waals surface area (Å²) in [7, 11) is 0. The third-order valence-electron chi connectivity index (χ3n) is 3.74. The number of likely N-dealkylation sites (tertiary alicyclic amines) is 1. The van der Waals surface area contributed by atoms with Gasteiger partial charge in [0.2, 0.25) is 5.91 Å². The van der Waals surface area contributed by atoms with Crippen LogP contribution in [0.2, 0.25) is 5.02 Å². The van der Waals surface area contributed by atoms with E-state index in [4.69, 9.17) is 16.9 Å². The van der Waals surface area contributed by atoms with Gasteiger partial charge in [0.1, 0.15) is 0 Å². The number of carbonyl (C=O) groups is 1. The maximum absolute atomic E-state index is 12.0. The van der Waals surface area contributed by atoms with Crippen molar-refractivity contribution >= 4 is 23.2 Å². The number of nitrogens with zero attached hydrogens (tertiary/aromatic N) is 2. The summed E-state index contributed by atoms with van der Waals surface area (Å²) in [6.07, 6.45) is 1.62. The first kappa shape index (κ1) is 14.8. The van der Waals surface area contributed by atoms with Crippen LogP contribution in [0.3, 0.4) is 0 Å². The number of para-hydroxylation sites is 1. The van der Waals surface area contributed by atoms with Crippen molar-refractivity contribution in [1.29, 1.82) is 5.26 Å². The molecule has 1 saturated heterocycles. The number of nitriles is 1. The number of hydrogen-bond donors (Lipinski definition) is 1. The third kappa shape index (κ3) is 3.72. The van der Waals surface area contributed by atoms with Crippen LogP contribution in [0.25, 0.3) is 0 Å². The van der Waals surface area contributed by atoms with E-state index in [1.807, 2.05) is 19.1 Å². The Kier molecular flexibility index (Phi) is 4.64. The molecule has 0 spiro atoms. The fourth-order valence-electron chi connectivity index (χ4n) is 2.27. The molecule has 106 valence electrons. The van der Waals surface area contributed by atoms with E-state index in [1.54, 1.807) is 12.1 Å².